The summed E-state index contributed by atoms with van der Waals surface area (Å²) in [6.07, 6.45) is 3.64. The van der Waals surface area contributed by atoms with Crippen LogP contribution < -0.4 is 9.62 Å². The molecule has 0 heterocycles. The number of nitrogens with zero attached hydrogens (tertiary/aromatic N) is 2. The van der Waals surface area contributed by atoms with Crippen molar-refractivity contribution in [3.8, 4) is 0 Å². The molecule has 1 N–H and O–H groups in total. The maximum absolute atomic E-state index is 14.0. The van der Waals surface area contributed by atoms with Gasteiger partial charge in [0.05, 0.1) is 10.6 Å². The number of unbranched alkanes of at least 4 members (excludes halogenated alkanes) is 1. The lowest BCUT2D eigenvalue weighted by molar-refractivity contribution is -0.139. The molecule has 7 nitrogen and oxygen atoms in total. The summed E-state index contributed by atoms with van der Waals surface area (Å²) < 4.78 is 28.9. The summed E-state index contributed by atoms with van der Waals surface area (Å²) in [5.74, 6) is -0.839. The third kappa shape index (κ3) is 8.02. The summed E-state index contributed by atoms with van der Waals surface area (Å²) in [6, 6.07) is 19.7. The van der Waals surface area contributed by atoms with E-state index in [1.165, 1.54) is 28.8 Å². The van der Waals surface area contributed by atoms with Crippen LogP contribution in [0.1, 0.15) is 37.8 Å². The molecule has 40 heavy (non-hydrogen) atoms. The number of hydrogen-bond acceptors (Lipinski definition) is 5. The van der Waals surface area contributed by atoms with Gasteiger partial charge in [0.2, 0.25) is 11.8 Å². The molecule has 1 unspecified atom stereocenters. The second-order valence-corrected chi connectivity index (χ2v) is 12.6. The van der Waals surface area contributed by atoms with Crippen molar-refractivity contribution in [1.82, 2.24) is 10.2 Å². The van der Waals surface area contributed by atoms with E-state index < -0.39 is 28.5 Å². The zero-order valence-electron chi connectivity index (χ0n) is 23.3. The molecular weight excluding hydrogens is 566 g/mol. The van der Waals surface area contributed by atoms with Gasteiger partial charge in [-0.2, -0.15) is 0 Å². The van der Waals surface area contributed by atoms with Crippen LogP contribution in [0.25, 0.3) is 0 Å². The number of thioether (sulfide) groups is 1. The molecule has 0 saturated heterocycles. The Kier molecular flexibility index (Phi) is 11.5. The largest absolute Gasteiger partial charge is 0.354 e. The smallest absolute Gasteiger partial charge is 0.264 e. The third-order valence-corrected chi connectivity index (χ3v) is 9.44. The van der Waals surface area contributed by atoms with Crippen molar-refractivity contribution in [2.24, 2.45) is 0 Å². The van der Waals surface area contributed by atoms with Crippen LogP contribution in [0.4, 0.5) is 5.69 Å². The number of nitrogens with one attached hydrogen (secondary N) is 1. The molecule has 2 amide bonds. The predicted molar refractivity (Wildman–Crippen MR) is 163 cm³/mol. The van der Waals surface area contributed by atoms with Crippen LogP contribution in [0.3, 0.4) is 0 Å². The lowest BCUT2D eigenvalue weighted by Gasteiger charge is -2.32. The Balaban J connectivity index is 2.00. The summed E-state index contributed by atoms with van der Waals surface area (Å²) in [4.78, 5) is 29.4. The molecular formula is C30H36ClN3O4S2. The Labute approximate surface area is 247 Å². The van der Waals surface area contributed by atoms with Crippen molar-refractivity contribution in [3.05, 3.63) is 88.9 Å². The number of carbonyl (C=O) groups is 2. The Morgan fingerprint density at radius 2 is 1.65 bits per heavy atom. The minimum Gasteiger partial charge on any atom is -0.354 e. The van der Waals surface area contributed by atoms with Crippen LogP contribution in [-0.2, 0) is 26.2 Å². The van der Waals surface area contributed by atoms with Gasteiger partial charge in [0, 0.05) is 23.0 Å². The fourth-order valence-corrected chi connectivity index (χ4v) is 6.06. The molecule has 0 aliphatic heterocycles. The van der Waals surface area contributed by atoms with Crippen LogP contribution >= 0.6 is 23.4 Å². The molecule has 0 aliphatic carbocycles. The molecule has 10 heteroatoms. The Hall–Kier alpha value is -3.01. The average molecular weight is 602 g/mol. The lowest BCUT2D eigenvalue weighted by atomic mass is 10.1. The van der Waals surface area contributed by atoms with Crippen molar-refractivity contribution < 1.29 is 18.0 Å². The third-order valence-electron chi connectivity index (χ3n) is 6.54. The predicted octanol–water partition coefficient (Wildman–Crippen LogP) is 5.90. The first-order valence-corrected chi connectivity index (χ1v) is 16.2. The maximum Gasteiger partial charge on any atom is 0.264 e. The molecule has 0 spiro atoms. The number of rotatable bonds is 13. The first-order valence-electron chi connectivity index (χ1n) is 13.1. The quantitative estimate of drug-likeness (QED) is 0.195. The van der Waals surface area contributed by atoms with Crippen molar-refractivity contribution in [2.45, 2.75) is 56.0 Å². The van der Waals surface area contributed by atoms with E-state index in [1.54, 1.807) is 67.6 Å². The van der Waals surface area contributed by atoms with Crippen LogP contribution in [0.2, 0.25) is 5.02 Å². The van der Waals surface area contributed by atoms with Gasteiger partial charge < -0.3 is 10.2 Å². The van der Waals surface area contributed by atoms with E-state index in [0.717, 1.165) is 27.6 Å². The van der Waals surface area contributed by atoms with Gasteiger partial charge in [-0.25, -0.2) is 8.42 Å². The lowest BCUT2D eigenvalue weighted by Crippen LogP contribution is -2.51. The normalized spacial score (nSPS) is 12.0. The van der Waals surface area contributed by atoms with Crippen molar-refractivity contribution >= 4 is 50.9 Å². The number of benzene rings is 3. The van der Waals surface area contributed by atoms with Gasteiger partial charge in [-0.05, 0) is 74.6 Å². The number of carbonyl (C=O) groups excluding carboxylic acids is 2. The van der Waals surface area contributed by atoms with Gasteiger partial charge in [-0.1, -0.05) is 60.8 Å². The fraction of sp³-hybridized carbons (Fsp3) is 0.333. The van der Waals surface area contributed by atoms with Crippen LogP contribution in [0.15, 0.2) is 82.6 Å². The van der Waals surface area contributed by atoms with E-state index in [2.05, 4.69) is 5.32 Å². The van der Waals surface area contributed by atoms with Crippen LogP contribution in [0, 0.1) is 6.92 Å². The second kappa shape index (κ2) is 14.6. The molecule has 0 aromatic heterocycles. The highest BCUT2D eigenvalue weighted by atomic mass is 35.5. The summed E-state index contributed by atoms with van der Waals surface area (Å²) in [5.41, 5.74) is 1.96. The molecule has 0 bridgehead atoms. The summed E-state index contributed by atoms with van der Waals surface area (Å²) in [5, 5.41) is 3.33. The molecule has 1 atom stereocenters. The minimum atomic E-state index is -4.12. The zero-order chi connectivity index (χ0) is 29.3. The monoisotopic (exact) mass is 601 g/mol. The Morgan fingerprint density at radius 3 is 2.25 bits per heavy atom. The fourth-order valence-electron chi connectivity index (χ4n) is 4.04. The molecule has 214 valence electrons. The molecule has 3 rings (SSSR count). The second-order valence-electron chi connectivity index (χ2n) is 9.46. The van der Waals surface area contributed by atoms with Gasteiger partial charge in [-0.3, -0.25) is 13.9 Å². The highest BCUT2D eigenvalue weighted by molar-refractivity contribution is 7.98. The highest BCUT2D eigenvalue weighted by Gasteiger charge is 2.32. The molecule has 3 aromatic carbocycles. The highest BCUT2D eigenvalue weighted by Crippen LogP contribution is 2.27. The van der Waals surface area contributed by atoms with E-state index in [0.29, 0.717) is 22.8 Å². The summed E-state index contributed by atoms with van der Waals surface area (Å²) >= 11 is 7.91. The number of hydrogen-bond donors (Lipinski definition) is 1. The number of sulfonamides is 1. The molecule has 0 aliphatic rings. The Bertz CT molecular complexity index is 1400. The maximum atomic E-state index is 14.0. The number of amides is 2. The van der Waals surface area contributed by atoms with E-state index in [-0.39, 0.29) is 17.3 Å². The van der Waals surface area contributed by atoms with Gasteiger partial charge in [0.1, 0.15) is 12.6 Å². The van der Waals surface area contributed by atoms with Crippen molar-refractivity contribution in [2.75, 3.05) is 23.7 Å². The van der Waals surface area contributed by atoms with E-state index in [9.17, 15) is 18.0 Å². The number of halogens is 1. The Morgan fingerprint density at radius 1 is 1.00 bits per heavy atom. The minimum absolute atomic E-state index is 0.0467. The van der Waals surface area contributed by atoms with Gasteiger partial charge in [-0.15, -0.1) is 11.8 Å². The number of anilines is 1. The standard InChI is InChI=1S/C30H36ClN3O4S2/c1-5-6-19-32-30(36)23(3)33(20-24-9-7-8-10-28(24)31)29(35)21-34(25-13-11-22(2)12-14-25)40(37,38)27-17-15-26(39-4)16-18-27/h7-18,23H,5-6,19-21H2,1-4H3,(H,32,36). The SMILES string of the molecule is CCCCNC(=O)C(C)N(Cc1ccccc1Cl)C(=O)CN(c1ccc(C)cc1)S(=O)(=O)c1ccc(SC)cc1. The first-order chi connectivity index (χ1) is 19.1. The summed E-state index contributed by atoms with van der Waals surface area (Å²) in [7, 11) is -4.12. The van der Waals surface area contributed by atoms with Crippen LogP contribution in [0.5, 0.6) is 0 Å². The average Bonchev–Trinajstić information content (AvgIpc) is 2.95. The van der Waals surface area contributed by atoms with Crippen molar-refractivity contribution in [1.29, 1.82) is 0 Å². The molecule has 0 radical (unpaired) electrons. The zero-order valence-corrected chi connectivity index (χ0v) is 25.7. The molecule has 0 fully saturated rings. The molecule has 0 saturated carbocycles. The number of aryl methyl sites for hydroxylation is 1. The topological polar surface area (TPSA) is 86.8 Å². The van der Waals surface area contributed by atoms with Gasteiger partial charge >= 0.3 is 0 Å². The van der Waals surface area contributed by atoms with E-state index in [1.807, 2.05) is 20.1 Å². The van der Waals surface area contributed by atoms with Crippen molar-refractivity contribution in [3.63, 3.8) is 0 Å². The first kappa shape index (κ1) is 31.5. The van der Waals surface area contributed by atoms with E-state index in [4.69, 9.17) is 11.6 Å². The van der Waals surface area contributed by atoms with Crippen LogP contribution in [-0.4, -0.2) is 50.5 Å². The van der Waals surface area contributed by atoms with Gasteiger partial charge in [0.15, 0.2) is 0 Å². The molecule has 3 aromatic rings. The summed E-state index contributed by atoms with van der Waals surface area (Å²) in [6.45, 7) is 5.61. The van der Waals surface area contributed by atoms with Gasteiger partial charge in [0.25, 0.3) is 10.0 Å². The van der Waals surface area contributed by atoms with E-state index >= 15 is 0 Å².